The number of carbonyl (C=O) groups is 2. The van der Waals surface area contributed by atoms with Crippen LogP contribution >= 0.6 is 0 Å². The number of fused-ring (bicyclic) bond motifs is 1. The zero-order valence-corrected chi connectivity index (χ0v) is 20.5. The summed E-state index contributed by atoms with van der Waals surface area (Å²) in [5.74, 6) is -0.432. The molecule has 0 saturated carbocycles. The lowest BCUT2D eigenvalue weighted by atomic mass is 10.1. The summed E-state index contributed by atoms with van der Waals surface area (Å²) in [5.41, 5.74) is 4.78. The molecular weight excluding hydrogens is 446 g/mol. The number of rotatable bonds is 6. The SMILES string of the molecule is CCOC(=O)c1cc(C)n(Cc2cccc3cc(-c4ccc(NC(=O)OC(C)(C)C)cc4)nn23)n1. The molecule has 0 spiro atoms. The second-order valence-corrected chi connectivity index (χ2v) is 9.14. The second-order valence-electron chi connectivity index (χ2n) is 9.14. The molecule has 1 amide bonds. The van der Waals surface area contributed by atoms with E-state index in [1.54, 1.807) is 17.7 Å². The summed E-state index contributed by atoms with van der Waals surface area (Å²) in [6.45, 7) is 9.88. The minimum absolute atomic E-state index is 0.290. The number of hydrogen-bond donors (Lipinski definition) is 1. The average molecular weight is 476 g/mol. The van der Waals surface area contributed by atoms with Gasteiger partial charge in [0, 0.05) is 16.9 Å². The summed E-state index contributed by atoms with van der Waals surface area (Å²) in [7, 11) is 0. The van der Waals surface area contributed by atoms with Crippen molar-refractivity contribution < 1.29 is 19.1 Å². The number of hydrogen-bond acceptors (Lipinski definition) is 6. The predicted molar refractivity (Wildman–Crippen MR) is 133 cm³/mol. The Labute approximate surface area is 203 Å². The third-order valence-electron chi connectivity index (χ3n) is 5.17. The lowest BCUT2D eigenvalue weighted by molar-refractivity contribution is 0.0517. The smallest absolute Gasteiger partial charge is 0.412 e. The van der Waals surface area contributed by atoms with Gasteiger partial charge in [-0.3, -0.25) is 10.00 Å². The number of ether oxygens (including phenoxy) is 2. The van der Waals surface area contributed by atoms with E-state index in [0.29, 0.717) is 18.8 Å². The quantitative estimate of drug-likeness (QED) is 0.391. The van der Waals surface area contributed by atoms with Crippen LogP contribution in [0.5, 0.6) is 0 Å². The first-order valence-corrected chi connectivity index (χ1v) is 11.4. The van der Waals surface area contributed by atoms with Crippen molar-refractivity contribution in [2.45, 2.75) is 46.8 Å². The van der Waals surface area contributed by atoms with Gasteiger partial charge in [-0.1, -0.05) is 18.2 Å². The van der Waals surface area contributed by atoms with Crippen LogP contribution in [0.1, 0.15) is 49.6 Å². The van der Waals surface area contributed by atoms with E-state index in [9.17, 15) is 9.59 Å². The molecule has 9 nitrogen and oxygen atoms in total. The van der Waals surface area contributed by atoms with Gasteiger partial charge in [0.05, 0.1) is 30.1 Å². The van der Waals surface area contributed by atoms with Crippen LogP contribution in [0.4, 0.5) is 10.5 Å². The van der Waals surface area contributed by atoms with Crippen LogP contribution in [0.25, 0.3) is 16.8 Å². The highest BCUT2D eigenvalue weighted by Crippen LogP contribution is 2.23. The van der Waals surface area contributed by atoms with E-state index in [1.165, 1.54) is 0 Å². The Hall–Kier alpha value is -4.14. The summed E-state index contributed by atoms with van der Waals surface area (Å²) >= 11 is 0. The number of benzene rings is 1. The first-order chi connectivity index (χ1) is 16.6. The largest absolute Gasteiger partial charge is 0.461 e. The monoisotopic (exact) mass is 475 g/mol. The number of esters is 1. The molecule has 4 rings (SSSR count). The highest BCUT2D eigenvalue weighted by atomic mass is 16.6. The number of anilines is 1. The average Bonchev–Trinajstić information content (AvgIpc) is 3.38. The van der Waals surface area contributed by atoms with Crippen molar-refractivity contribution in [2.75, 3.05) is 11.9 Å². The minimum Gasteiger partial charge on any atom is -0.461 e. The minimum atomic E-state index is -0.562. The van der Waals surface area contributed by atoms with E-state index in [1.807, 2.05) is 80.7 Å². The molecule has 9 heteroatoms. The zero-order chi connectivity index (χ0) is 25.2. The molecule has 4 aromatic rings. The number of nitrogens with one attached hydrogen (secondary N) is 1. The molecule has 35 heavy (non-hydrogen) atoms. The molecule has 0 unspecified atom stereocenters. The van der Waals surface area contributed by atoms with Gasteiger partial charge in [0.2, 0.25) is 0 Å². The molecule has 1 N–H and O–H groups in total. The van der Waals surface area contributed by atoms with Gasteiger partial charge in [-0.15, -0.1) is 0 Å². The topological polar surface area (TPSA) is 99.8 Å². The van der Waals surface area contributed by atoms with E-state index in [0.717, 1.165) is 28.2 Å². The van der Waals surface area contributed by atoms with Crippen molar-refractivity contribution >= 4 is 23.3 Å². The summed E-state index contributed by atoms with van der Waals surface area (Å²) < 4.78 is 14.0. The van der Waals surface area contributed by atoms with Crippen LogP contribution < -0.4 is 5.32 Å². The molecule has 0 aliphatic heterocycles. The van der Waals surface area contributed by atoms with Gasteiger partial charge >= 0.3 is 12.1 Å². The van der Waals surface area contributed by atoms with Crippen molar-refractivity contribution in [3.05, 3.63) is 71.7 Å². The molecule has 0 atom stereocenters. The van der Waals surface area contributed by atoms with Crippen LogP contribution in [0, 0.1) is 6.92 Å². The number of pyridine rings is 1. The predicted octanol–water partition coefficient (Wildman–Crippen LogP) is 5.08. The number of carbonyl (C=O) groups excluding carboxylic acids is 2. The van der Waals surface area contributed by atoms with Gasteiger partial charge in [-0.05, 0) is 71.0 Å². The van der Waals surface area contributed by atoms with Crippen LogP contribution in [0.2, 0.25) is 0 Å². The lowest BCUT2D eigenvalue weighted by Crippen LogP contribution is -2.27. The van der Waals surface area contributed by atoms with Gasteiger partial charge in [-0.25, -0.2) is 14.1 Å². The maximum absolute atomic E-state index is 12.0. The van der Waals surface area contributed by atoms with Gasteiger partial charge in [0.15, 0.2) is 5.69 Å². The number of aromatic nitrogens is 4. The Morgan fingerprint density at radius 2 is 1.77 bits per heavy atom. The normalized spacial score (nSPS) is 11.5. The van der Waals surface area contributed by atoms with Gasteiger partial charge in [-0.2, -0.15) is 10.2 Å². The van der Waals surface area contributed by atoms with E-state index in [4.69, 9.17) is 14.6 Å². The van der Waals surface area contributed by atoms with Crippen molar-refractivity contribution in [1.82, 2.24) is 19.4 Å². The second kappa shape index (κ2) is 9.61. The molecule has 182 valence electrons. The molecule has 0 fully saturated rings. The summed E-state index contributed by atoms with van der Waals surface area (Å²) in [5, 5.41) is 11.9. The third-order valence-corrected chi connectivity index (χ3v) is 5.17. The Morgan fingerprint density at radius 1 is 1.03 bits per heavy atom. The zero-order valence-electron chi connectivity index (χ0n) is 20.5. The maximum atomic E-state index is 12.0. The van der Waals surface area contributed by atoms with Crippen molar-refractivity contribution in [3.63, 3.8) is 0 Å². The first-order valence-electron chi connectivity index (χ1n) is 11.4. The molecule has 3 aromatic heterocycles. The molecule has 3 heterocycles. The van der Waals surface area contributed by atoms with Crippen LogP contribution in [-0.2, 0) is 16.0 Å². The van der Waals surface area contributed by atoms with Crippen LogP contribution in [0.15, 0.2) is 54.6 Å². The van der Waals surface area contributed by atoms with Gasteiger partial charge in [0.1, 0.15) is 5.60 Å². The van der Waals surface area contributed by atoms with E-state index >= 15 is 0 Å². The highest BCUT2D eigenvalue weighted by molar-refractivity contribution is 5.87. The fourth-order valence-corrected chi connectivity index (χ4v) is 3.61. The number of amides is 1. The number of nitrogens with zero attached hydrogens (tertiary/aromatic N) is 4. The highest BCUT2D eigenvalue weighted by Gasteiger charge is 2.17. The third kappa shape index (κ3) is 5.68. The lowest BCUT2D eigenvalue weighted by Gasteiger charge is -2.19. The fourth-order valence-electron chi connectivity index (χ4n) is 3.61. The van der Waals surface area contributed by atoms with E-state index in [-0.39, 0.29) is 5.69 Å². The molecule has 0 aliphatic carbocycles. The van der Waals surface area contributed by atoms with Crippen molar-refractivity contribution in [1.29, 1.82) is 0 Å². The Kier molecular flexibility index (Phi) is 6.59. The molecule has 0 radical (unpaired) electrons. The maximum Gasteiger partial charge on any atom is 0.412 e. The summed E-state index contributed by atoms with van der Waals surface area (Å²) in [4.78, 5) is 24.0. The summed E-state index contributed by atoms with van der Waals surface area (Å²) in [6.07, 6.45) is -0.498. The van der Waals surface area contributed by atoms with Crippen LogP contribution in [0.3, 0.4) is 0 Å². The molecule has 0 aliphatic rings. The van der Waals surface area contributed by atoms with Gasteiger partial charge in [0.25, 0.3) is 0 Å². The standard InChI is InChI=1S/C26H29N5O4/c1-6-34-24(32)23-14-17(2)30(28-23)16-21-9-7-8-20-15-22(29-31(20)21)18-10-12-19(13-11-18)27-25(33)35-26(3,4)5/h7-15H,6,16H2,1-5H3,(H,27,33). The fraction of sp³-hybridized carbons (Fsp3) is 0.308. The molecule has 0 saturated heterocycles. The van der Waals surface area contributed by atoms with E-state index in [2.05, 4.69) is 10.4 Å². The Balaban J connectivity index is 1.54. The Bertz CT molecular complexity index is 1360. The van der Waals surface area contributed by atoms with Gasteiger partial charge < -0.3 is 9.47 Å². The van der Waals surface area contributed by atoms with Crippen molar-refractivity contribution in [3.8, 4) is 11.3 Å². The molecular formula is C26H29N5O4. The molecule has 0 bridgehead atoms. The van der Waals surface area contributed by atoms with Crippen molar-refractivity contribution in [2.24, 2.45) is 0 Å². The van der Waals surface area contributed by atoms with E-state index < -0.39 is 17.7 Å². The number of aryl methyl sites for hydroxylation is 1. The Morgan fingerprint density at radius 3 is 2.46 bits per heavy atom. The first kappa shape index (κ1) is 24.0. The van der Waals surface area contributed by atoms with Crippen LogP contribution in [-0.4, -0.2) is 43.7 Å². The molecule has 1 aromatic carbocycles. The summed E-state index contributed by atoms with van der Waals surface area (Å²) in [6, 6.07) is 17.1.